The average Bonchev–Trinajstić information content (AvgIpc) is 2.58. The predicted molar refractivity (Wildman–Crippen MR) is 98.1 cm³/mol. The van der Waals surface area contributed by atoms with Gasteiger partial charge in [-0.05, 0) is 19.2 Å². The molecule has 11 heteroatoms. The number of anilines is 1. The molecule has 1 heterocycles. The number of nitrogens with one attached hydrogen (secondary N) is 2. The van der Waals surface area contributed by atoms with Crippen LogP contribution in [0, 0.1) is 0 Å². The van der Waals surface area contributed by atoms with Crippen LogP contribution >= 0.6 is 7.82 Å². The van der Waals surface area contributed by atoms with Crippen LogP contribution in [0.25, 0.3) is 0 Å². The van der Waals surface area contributed by atoms with Crippen LogP contribution in [-0.4, -0.2) is 65.0 Å². The van der Waals surface area contributed by atoms with Gasteiger partial charge in [-0.3, -0.25) is 4.79 Å². The predicted octanol–water partition coefficient (Wildman–Crippen LogP) is 0.376. The number of methoxy groups -OCH3 is 1. The van der Waals surface area contributed by atoms with Gasteiger partial charge < -0.3 is 29.6 Å². The summed E-state index contributed by atoms with van der Waals surface area (Å²) in [5, 5.41) is 7.24. The average molecular weight is 388 g/mol. The number of hydrazone groups is 1. The van der Waals surface area contributed by atoms with Crippen LogP contribution < -0.4 is 15.5 Å². The Hall–Kier alpha value is -1.97. The third kappa shape index (κ3) is 10.1. The summed E-state index contributed by atoms with van der Waals surface area (Å²) in [5.74, 6) is 0.555. The van der Waals surface area contributed by atoms with E-state index in [-0.39, 0.29) is 12.5 Å². The highest BCUT2D eigenvalue weighted by molar-refractivity contribution is 7.45. The van der Waals surface area contributed by atoms with Gasteiger partial charge in [0.1, 0.15) is 5.75 Å². The molecule has 1 amide bonds. The number of hydrogen-bond acceptors (Lipinski definition) is 6. The molecule has 26 heavy (non-hydrogen) atoms. The quantitative estimate of drug-likeness (QED) is 0.360. The number of rotatable bonds is 5. The molecule has 1 aliphatic heterocycles. The van der Waals surface area contributed by atoms with Crippen molar-refractivity contribution in [1.29, 1.82) is 0 Å². The van der Waals surface area contributed by atoms with E-state index in [0.717, 1.165) is 37.3 Å². The number of carbonyl (C=O) groups is 1. The molecule has 1 aromatic carbocycles. The second-order valence-corrected chi connectivity index (χ2v) is 6.61. The molecule has 1 aromatic rings. The number of hydrogen-bond donors (Lipinski definition) is 5. The van der Waals surface area contributed by atoms with Gasteiger partial charge in [0.2, 0.25) is 0 Å². The fraction of sp³-hybridized carbons (Fsp3) is 0.467. The van der Waals surface area contributed by atoms with Crippen molar-refractivity contribution in [2.24, 2.45) is 5.10 Å². The van der Waals surface area contributed by atoms with Crippen LogP contribution in [0.1, 0.15) is 12.8 Å². The first-order valence-electron chi connectivity index (χ1n) is 7.87. The van der Waals surface area contributed by atoms with E-state index in [0.29, 0.717) is 5.75 Å². The Morgan fingerprint density at radius 1 is 1.27 bits per heavy atom. The smallest absolute Gasteiger partial charge is 0.466 e. The zero-order valence-electron chi connectivity index (χ0n) is 14.8. The van der Waals surface area contributed by atoms with Crippen molar-refractivity contribution in [1.82, 2.24) is 10.3 Å². The van der Waals surface area contributed by atoms with Crippen molar-refractivity contribution in [3.05, 3.63) is 24.3 Å². The molecule has 146 valence electrons. The summed E-state index contributed by atoms with van der Waals surface area (Å²) < 4.78 is 14.1. The highest BCUT2D eigenvalue weighted by Crippen LogP contribution is 2.25. The van der Waals surface area contributed by atoms with E-state index < -0.39 is 7.82 Å². The summed E-state index contributed by atoms with van der Waals surface area (Å²) >= 11 is 0. The molecule has 1 aliphatic rings. The maximum Gasteiger partial charge on any atom is 0.466 e. The minimum absolute atomic E-state index is 0.160. The Morgan fingerprint density at radius 2 is 1.85 bits per heavy atom. The molecular formula is C15H25N4O6P. The van der Waals surface area contributed by atoms with Gasteiger partial charge in [0.15, 0.2) is 0 Å². The minimum Gasteiger partial charge on any atom is -0.495 e. The number of amides is 1. The molecule has 0 spiro atoms. The first kappa shape index (κ1) is 22.1. The van der Waals surface area contributed by atoms with Crippen molar-refractivity contribution in [2.45, 2.75) is 12.8 Å². The number of likely N-dealkylation sites (tertiary alicyclic amines) is 1. The molecule has 1 fully saturated rings. The number of ether oxygens (including phenoxy) is 1. The standard InChI is InChI=1S/C15H22N4O2.H3O4P/c1-19-9-7-12(8-10-19)17-18-15(20)11-16-13-5-3-4-6-14(13)21-2;1-5(2,3)4/h3-6,16H,7-11H2,1-2H3,(H,18,20);(H3,1,2,3,4). The van der Waals surface area contributed by atoms with Gasteiger partial charge in [-0.2, -0.15) is 5.10 Å². The fourth-order valence-corrected chi connectivity index (χ4v) is 2.14. The number of piperidine rings is 1. The molecule has 0 atom stereocenters. The number of carbonyl (C=O) groups excluding carboxylic acids is 1. The second-order valence-electron chi connectivity index (χ2n) is 5.58. The van der Waals surface area contributed by atoms with E-state index in [2.05, 4.69) is 27.8 Å². The van der Waals surface area contributed by atoms with Gasteiger partial charge in [0, 0.05) is 31.6 Å². The lowest BCUT2D eigenvalue weighted by molar-refractivity contribution is -0.119. The topological polar surface area (TPSA) is 144 Å². The molecular weight excluding hydrogens is 363 g/mol. The lowest BCUT2D eigenvalue weighted by Crippen LogP contribution is -2.33. The number of nitrogens with zero attached hydrogens (tertiary/aromatic N) is 2. The summed E-state index contributed by atoms with van der Waals surface area (Å²) in [5.41, 5.74) is 4.45. The van der Waals surface area contributed by atoms with Crippen molar-refractivity contribution in [2.75, 3.05) is 39.1 Å². The Kier molecular flexibility index (Phi) is 9.25. The largest absolute Gasteiger partial charge is 0.495 e. The van der Waals surface area contributed by atoms with Crippen molar-refractivity contribution >= 4 is 25.1 Å². The molecule has 0 saturated carbocycles. The third-order valence-corrected chi connectivity index (χ3v) is 3.45. The van der Waals surface area contributed by atoms with Crippen LogP contribution in [0.5, 0.6) is 5.75 Å². The lowest BCUT2D eigenvalue weighted by Gasteiger charge is -2.22. The zero-order valence-corrected chi connectivity index (χ0v) is 15.6. The first-order valence-corrected chi connectivity index (χ1v) is 9.43. The van der Waals surface area contributed by atoms with Gasteiger partial charge in [0.05, 0.1) is 19.3 Å². The van der Waals surface area contributed by atoms with Crippen LogP contribution in [0.3, 0.4) is 0 Å². The van der Waals surface area contributed by atoms with Crippen LogP contribution in [0.4, 0.5) is 5.69 Å². The normalized spacial score (nSPS) is 14.7. The van der Waals surface area contributed by atoms with Gasteiger partial charge in [-0.1, -0.05) is 12.1 Å². The third-order valence-electron chi connectivity index (χ3n) is 3.45. The Bertz CT molecular complexity index is 645. The number of phosphoric acid groups is 1. The summed E-state index contributed by atoms with van der Waals surface area (Å²) in [6.45, 7) is 2.15. The monoisotopic (exact) mass is 388 g/mol. The highest BCUT2D eigenvalue weighted by atomic mass is 31.2. The van der Waals surface area contributed by atoms with E-state index in [4.69, 9.17) is 24.0 Å². The van der Waals surface area contributed by atoms with Crippen molar-refractivity contribution in [3.63, 3.8) is 0 Å². The Labute approximate surface area is 152 Å². The molecule has 0 radical (unpaired) electrons. The van der Waals surface area contributed by atoms with Crippen molar-refractivity contribution < 1.29 is 28.8 Å². The van der Waals surface area contributed by atoms with Crippen LogP contribution in [0.15, 0.2) is 29.4 Å². The Balaban J connectivity index is 0.000000597. The fourth-order valence-electron chi connectivity index (χ4n) is 2.14. The molecule has 10 nitrogen and oxygen atoms in total. The zero-order chi connectivity index (χ0) is 19.6. The SMILES string of the molecule is COc1ccccc1NCC(=O)NN=C1CCN(C)CC1.O=P(O)(O)O. The van der Waals surface area contributed by atoms with Crippen LogP contribution in [-0.2, 0) is 9.36 Å². The van der Waals surface area contributed by atoms with Crippen molar-refractivity contribution in [3.8, 4) is 5.75 Å². The minimum atomic E-state index is -4.64. The van der Waals surface area contributed by atoms with Crippen LogP contribution in [0.2, 0.25) is 0 Å². The number of para-hydroxylation sites is 2. The van der Waals surface area contributed by atoms with Gasteiger partial charge in [-0.15, -0.1) is 0 Å². The van der Waals surface area contributed by atoms with Gasteiger partial charge in [0.25, 0.3) is 5.91 Å². The molecule has 0 bridgehead atoms. The molecule has 0 aromatic heterocycles. The summed E-state index contributed by atoms with van der Waals surface area (Å²) in [4.78, 5) is 35.6. The van der Waals surface area contributed by atoms with E-state index in [1.165, 1.54) is 0 Å². The highest BCUT2D eigenvalue weighted by Gasteiger charge is 2.11. The van der Waals surface area contributed by atoms with Gasteiger partial charge in [-0.25, -0.2) is 9.99 Å². The summed E-state index contributed by atoms with van der Waals surface area (Å²) in [6.07, 6.45) is 1.83. The molecule has 2 rings (SSSR count). The number of benzene rings is 1. The Morgan fingerprint density at radius 3 is 2.42 bits per heavy atom. The maximum atomic E-state index is 11.8. The molecule has 1 saturated heterocycles. The maximum absolute atomic E-state index is 11.8. The van der Waals surface area contributed by atoms with E-state index in [9.17, 15) is 4.79 Å². The summed E-state index contributed by atoms with van der Waals surface area (Å²) in [6, 6.07) is 7.49. The second kappa shape index (κ2) is 10.9. The van der Waals surface area contributed by atoms with E-state index in [1.807, 2.05) is 24.3 Å². The van der Waals surface area contributed by atoms with Gasteiger partial charge >= 0.3 is 7.82 Å². The van der Waals surface area contributed by atoms with E-state index >= 15 is 0 Å². The molecule has 5 N–H and O–H groups in total. The van der Waals surface area contributed by atoms with E-state index in [1.54, 1.807) is 7.11 Å². The molecule has 0 unspecified atom stereocenters. The summed E-state index contributed by atoms with van der Waals surface area (Å²) in [7, 11) is -0.945. The lowest BCUT2D eigenvalue weighted by atomic mass is 10.1. The first-order chi connectivity index (χ1) is 12.2. The molecule has 0 aliphatic carbocycles.